The zero-order chi connectivity index (χ0) is 14.5. The van der Waals surface area contributed by atoms with Crippen LogP contribution in [0.25, 0.3) is 0 Å². The molecule has 0 unspecified atom stereocenters. The van der Waals surface area contributed by atoms with Gasteiger partial charge in [0.15, 0.2) is 0 Å². The van der Waals surface area contributed by atoms with Crippen molar-refractivity contribution in [3.8, 4) is 0 Å². The maximum absolute atomic E-state index is 12.1. The van der Waals surface area contributed by atoms with E-state index < -0.39 is 0 Å². The van der Waals surface area contributed by atoms with Crippen molar-refractivity contribution in [2.75, 3.05) is 5.32 Å². The highest BCUT2D eigenvalue weighted by Gasteiger charge is 2.10. The normalized spacial score (nSPS) is 10.6. The summed E-state index contributed by atoms with van der Waals surface area (Å²) in [6.07, 6.45) is 2.55. The van der Waals surface area contributed by atoms with Crippen molar-refractivity contribution < 1.29 is 4.79 Å². The van der Waals surface area contributed by atoms with Crippen molar-refractivity contribution >= 4 is 11.6 Å². The second-order valence-corrected chi connectivity index (χ2v) is 4.62. The molecule has 106 valence electrons. The van der Waals surface area contributed by atoms with Gasteiger partial charge in [0.2, 0.25) is 5.91 Å². The molecule has 2 rings (SSSR count). The number of aryl methyl sites for hydroxylation is 2. The van der Waals surface area contributed by atoms with Crippen LogP contribution in [0.3, 0.4) is 0 Å². The highest BCUT2D eigenvalue weighted by atomic mass is 16.2. The van der Waals surface area contributed by atoms with E-state index in [0.29, 0.717) is 12.2 Å². The van der Waals surface area contributed by atoms with Gasteiger partial charge >= 0.3 is 0 Å². The molecule has 0 fully saturated rings. The zero-order valence-electron chi connectivity index (χ0n) is 11.8. The molecule has 0 aliphatic carbocycles. The summed E-state index contributed by atoms with van der Waals surface area (Å²) in [6, 6.07) is 6.00. The quantitative estimate of drug-likeness (QED) is 0.858. The second-order valence-electron chi connectivity index (χ2n) is 4.62. The Hall–Kier alpha value is -2.21. The molecule has 1 aromatic carbocycles. The minimum atomic E-state index is -0.123. The molecule has 0 aliphatic heterocycles. The first kappa shape index (κ1) is 14.2. The summed E-state index contributed by atoms with van der Waals surface area (Å²) in [5, 5.41) is 10.7. The van der Waals surface area contributed by atoms with Crippen molar-refractivity contribution in [2.45, 2.75) is 33.4 Å². The number of carbonyl (C=O) groups is 1. The number of nitrogens with one attached hydrogen (secondary N) is 1. The minimum absolute atomic E-state index is 0.123. The van der Waals surface area contributed by atoms with Crippen molar-refractivity contribution in [2.24, 2.45) is 5.73 Å². The highest BCUT2D eigenvalue weighted by molar-refractivity contribution is 5.92. The summed E-state index contributed by atoms with van der Waals surface area (Å²) in [5.74, 6) is -0.123. The van der Waals surface area contributed by atoms with Gasteiger partial charge in [-0.3, -0.25) is 4.79 Å². The third-order valence-electron chi connectivity index (χ3n) is 3.11. The van der Waals surface area contributed by atoms with Crippen LogP contribution < -0.4 is 11.1 Å². The molecular weight excluding hydrogens is 254 g/mol. The van der Waals surface area contributed by atoms with E-state index in [1.54, 1.807) is 6.20 Å². The van der Waals surface area contributed by atoms with E-state index in [9.17, 15) is 4.79 Å². The minimum Gasteiger partial charge on any atom is -0.325 e. The Kier molecular flexibility index (Phi) is 4.47. The number of aromatic nitrogens is 3. The number of anilines is 1. The van der Waals surface area contributed by atoms with Gasteiger partial charge in [0.05, 0.1) is 11.9 Å². The van der Waals surface area contributed by atoms with Crippen LogP contribution in [0.1, 0.15) is 23.7 Å². The molecular formula is C14H19N5O. The third-order valence-corrected chi connectivity index (χ3v) is 3.11. The van der Waals surface area contributed by atoms with Gasteiger partial charge in [0, 0.05) is 12.2 Å². The Morgan fingerprint density at radius 3 is 2.90 bits per heavy atom. The average molecular weight is 273 g/mol. The predicted octanol–water partition coefficient (Wildman–Crippen LogP) is 1.25. The van der Waals surface area contributed by atoms with Gasteiger partial charge in [-0.1, -0.05) is 30.3 Å². The molecule has 0 radical (unpaired) electrons. The lowest BCUT2D eigenvalue weighted by Crippen LogP contribution is -2.20. The number of nitrogens with zero attached hydrogens (tertiary/aromatic N) is 3. The fraction of sp³-hybridized carbons (Fsp3) is 0.357. The SMILES string of the molecule is CCc1cccc(C)c1NC(=O)Cn1cc(CN)nn1. The van der Waals surface area contributed by atoms with Crippen LogP contribution in [-0.4, -0.2) is 20.9 Å². The predicted molar refractivity (Wildman–Crippen MR) is 77.1 cm³/mol. The van der Waals surface area contributed by atoms with E-state index in [0.717, 1.165) is 23.2 Å². The smallest absolute Gasteiger partial charge is 0.246 e. The van der Waals surface area contributed by atoms with Gasteiger partial charge in [-0.05, 0) is 24.5 Å². The van der Waals surface area contributed by atoms with Crippen molar-refractivity contribution in [3.05, 3.63) is 41.2 Å². The maximum atomic E-state index is 12.1. The van der Waals surface area contributed by atoms with E-state index >= 15 is 0 Å². The number of carbonyl (C=O) groups excluding carboxylic acids is 1. The summed E-state index contributed by atoms with van der Waals surface area (Å²) in [4.78, 5) is 12.1. The number of hydrogen-bond donors (Lipinski definition) is 2. The van der Waals surface area contributed by atoms with Crippen LogP contribution >= 0.6 is 0 Å². The first-order chi connectivity index (χ1) is 9.63. The van der Waals surface area contributed by atoms with Gasteiger partial charge in [-0.2, -0.15) is 0 Å². The Balaban J connectivity index is 2.08. The number of amides is 1. The zero-order valence-corrected chi connectivity index (χ0v) is 11.8. The molecule has 6 nitrogen and oxygen atoms in total. The number of hydrogen-bond acceptors (Lipinski definition) is 4. The van der Waals surface area contributed by atoms with E-state index in [4.69, 9.17) is 5.73 Å². The van der Waals surface area contributed by atoms with Crippen molar-refractivity contribution in [3.63, 3.8) is 0 Å². The van der Waals surface area contributed by atoms with Gasteiger partial charge in [0.1, 0.15) is 6.54 Å². The first-order valence-electron chi connectivity index (χ1n) is 6.61. The number of nitrogens with two attached hydrogens (primary N) is 1. The summed E-state index contributed by atoms with van der Waals surface area (Å²) in [6.45, 7) is 4.50. The summed E-state index contributed by atoms with van der Waals surface area (Å²) >= 11 is 0. The third kappa shape index (κ3) is 3.21. The summed E-state index contributed by atoms with van der Waals surface area (Å²) in [7, 11) is 0. The number of benzene rings is 1. The van der Waals surface area contributed by atoms with E-state index in [1.807, 2.05) is 25.1 Å². The summed E-state index contributed by atoms with van der Waals surface area (Å²) < 4.78 is 1.49. The van der Waals surface area contributed by atoms with Crippen LogP contribution in [-0.2, 0) is 24.3 Å². The molecule has 3 N–H and O–H groups in total. The molecule has 6 heteroatoms. The molecule has 2 aromatic rings. The molecule has 1 heterocycles. The van der Waals surface area contributed by atoms with Crippen LogP contribution in [0.15, 0.2) is 24.4 Å². The molecule has 20 heavy (non-hydrogen) atoms. The first-order valence-corrected chi connectivity index (χ1v) is 6.61. The lowest BCUT2D eigenvalue weighted by Gasteiger charge is -2.12. The summed E-state index contributed by atoms with van der Waals surface area (Å²) in [5.41, 5.74) is 9.20. The monoisotopic (exact) mass is 273 g/mol. The van der Waals surface area contributed by atoms with Crippen molar-refractivity contribution in [1.29, 1.82) is 0 Å². The molecule has 1 aromatic heterocycles. The lowest BCUT2D eigenvalue weighted by atomic mass is 10.1. The maximum Gasteiger partial charge on any atom is 0.246 e. The van der Waals surface area contributed by atoms with Crippen LogP contribution in [0, 0.1) is 6.92 Å². The molecule has 0 saturated heterocycles. The van der Waals surface area contributed by atoms with E-state index in [-0.39, 0.29) is 12.5 Å². The Labute approximate surface area is 118 Å². The lowest BCUT2D eigenvalue weighted by molar-refractivity contribution is -0.116. The Bertz CT molecular complexity index is 605. The molecule has 0 aliphatic rings. The van der Waals surface area contributed by atoms with Gasteiger partial charge in [0.25, 0.3) is 0 Å². The molecule has 0 bridgehead atoms. The number of rotatable bonds is 5. The molecule has 0 saturated carbocycles. The fourth-order valence-corrected chi connectivity index (χ4v) is 2.04. The van der Waals surface area contributed by atoms with Gasteiger partial charge in [-0.25, -0.2) is 4.68 Å². The van der Waals surface area contributed by atoms with Crippen LogP contribution in [0.4, 0.5) is 5.69 Å². The number of para-hydroxylation sites is 1. The Morgan fingerprint density at radius 2 is 2.25 bits per heavy atom. The van der Waals surface area contributed by atoms with Crippen LogP contribution in [0.2, 0.25) is 0 Å². The Morgan fingerprint density at radius 1 is 1.45 bits per heavy atom. The molecule has 0 spiro atoms. The second kappa shape index (κ2) is 6.29. The highest BCUT2D eigenvalue weighted by Crippen LogP contribution is 2.20. The van der Waals surface area contributed by atoms with Crippen LogP contribution in [0.5, 0.6) is 0 Å². The van der Waals surface area contributed by atoms with Crippen molar-refractivity contribution in [1.82, 2.24) is 15.0 Å². The van der Waals surface area contributed by atoms with Gasteiger partial charge < -0.3 is 11.1 Å². The topological polar surface area (TPSA) is 85.8 Å². The standard InChI is InChI=1S/C14H19N5O/c1-3-11-6-4-5-10(2)14(11)16-13(20)9-19-8-12(7-15)17-18-19/h4-6,8H,3,7,9,15H2,1-2H3,(H,16,20). The van der Waals surface area contributed by atoms with E-state index in [2.05, 4.69) is 22.6 Å². The fourth-order valence-electron chi connectivity index (χ4n) is 2.04. The van der Waals surface area contributed by atoms with Gasteiger partial charge in [-0.15, -0.1) is 5.10 Å². The molecule has 0 atom stereocenters. The molecule has 1 amide bonds. The van der Waals surface area contributed by atoms with E-state index in [1.165, 1.54) is 4.68 Å². The average Bonchev–Trinajstić information content (AvgIpc) is 2.88. The largest absolute Gasteiger partial charge is 0.325 e.